The maximum Gasteiger partial charge on any atom is 0.157 e. The molecule has 1 atom stereocenters. The second-order valence-electron chi connectivity index (χ2n) is 6.05. The molecule has 1 aliphatic rings. The Morgan fingerprint density at radius 2 is 2.24 bits per heavy atom. The highest BCUT2D eigenvalue weighted by Crippen LogP contribution is 2.27. The van der Waals surface area contributed by atoms with Crippen molar-refractivity contribution in [3.8, 4) is 5.75 Å². The molecule has 0 amide bonds. The first-order chi connectivity index (χ1) is 12.2. The van der Waals surface area contributed by atoms with E-state index in [-0.39, 0.29) is 6.10 Å². The molecule has 0 spiro atoms. The fourth-order valence-electron chi connectivity index (χ4n) is 2.80. The number of nitrogens with zero attached hydrogens (tertiary/aromatic N) is 2. The number of aryl methyl sites for hydroxylation is 1. The molecule has 1 aromatic carbocycles. The van der Waals surface area contributed by atoms with E-state index in [2.05, 4.69) is 45.7 Å². The lowest BCUT2D eigenvalue weighted by atomic mass is 10.1. The molecule has 0 bridgehead atoms. The van der Waals surface area contributed by atoms with E-state index in [1.165, 1.54) is 6.33 Å². The van der Waals surface area contributed by atoms with Gasteiger partial charge >= 0.3 is 0 Å². The number of nitrogens with one attached hydrogen (secondary N) is 2. The third kappa shape index (κ3) is 4.52. The summed E-state index contributed by atoms with van der Waals surface area (Å²) in [6.45, 7) is 4.04. The fraction of sp³-hybridized carbons (Fsp3) is 0.444. The molecule has 0 saturated carbocycles. The highest BCUT2D eigenvalue weighted by Gasteiger charge is 2.17. The summed E-state index contributed by atoms with van der Waals surface area (Å²) in [7, 11) is 1.79. The molecular weight excluding hydrogens is 340 g/mol. The van der Waals surface area contributed by atoms with Crippen molar-refractivity contribution >= 4 is 23.1 Å². The fourth-order valence-corrected chi connectivity index (χ4v) is 3.03. The number of ether oxygens (including phenoxy) is 2. The maximum absolute atomic E-state index is 6.09. The average Bonchev–Trinajstić information content (AvgIpc) is 3.12. The lowest BCUT2D eigenvalue weighted by Crippen LogP contribution is -2.17. The summed E-state index contributed by atoms with van der Waals surface area (Å²) < 4.78 is 11.7. The van der Waals surface area contributed by atoms with Crippen molar-refractivity contribution in [1.82, 2.24) is 9.97 Å². The Morgan fingerprint density at radius 1 is 1.36 bits per heavy atom. The molecule has 0 radical (unpaired) electrons. The maximum atomic E-state index is 6.09. The Bertz CT molecular complexity index is 720. The Balaban J connectivity index is 1.70. The minimum absolute atomic E-state index is 0.192. The molecule has 3 rings (SSSR count). The molecule has 1 saturated heterocycles. The summed E-state index contributed by atoms with van der Waals surface area (Å²) >= 11 is 6.09. The summed E-state index contributed by atoms with van der Waals surface area (Å²) in [5.41, 5.74) is 2.89. The second-order valence-corrected chi connectivity index (χ2v) is 6.41. The van der Waals surface area contributed by atoms with E-state index < -0.39 is 0 Å². The number of anilines is 2. The van der Waals surface area contributed by atoms with Crippen LogP contribution in [0.25, 0.3) is 0 Å². The largest absolute Gasteiger partial charge is 0.491 e. The van der Waals surface area contributed by atoms with Gasteiger partial charge < -0.3 is 20.1 Å². The number of hydrogen-bond acceptors (Lipinski definition) is 6. The van der Waals surface area contributed by atoms with Crippen molar-refractivity contribution in [3.63, 3.8) is 0 Å². The average molecular weight is 363 g/mol. The Hall–Kier alpha value is -2.05. The normalized spacial score (nSPS) is 16.7. The van der Waals surface area contributed by atoms with Gasteiger partial charge in [-0.15, -0.1) is 0 Å². The van der Waals surface area contributed by atoms with Gasteiger partial charge in [-0.25, -0.2) is 9.97 Å². The van der Waals surface area contributed by atoms with Gasteiger partial charge in [-0.3, -0.25) is 0 Å². The van der Waals surface area contributed by atoms with Crippen LogP contribution in [-0.4, -0.2) is 36.3 Å². The van der Waals surface area contributed by atoms with Crippen LogP contribution in [0.15, 0.2) is 24.5 Å². The van der Waals surface area contributed by atoms with Gasteiger partial charge in [0.25, 0.3) is 0 Å². The summed E-state index contributed by atoms with van der Waals surface area (Å²) in [4.78, 5) is 8.23. The van der Waals surface area contributed by atoms with Crippen LogP contribution in [0, 0.1) is 6.92 Å². The smallest absolute Gasteiger partial charge is 0.157 e. The van der Waals surface area contributed by atoms with E-state index in [4.69, 9.17) is 21.1 Å². The SMILES string of the molecule is CNc1c(Cl)ncnc1NCc1ccc(C)cc1OCC1CCCO1. The third-order valence-electron chi connectivity index (χ3n) is 4.17. The predicted octanol–water partition coefficient (Wildman–Crippen LogP) is 3.65. The minimum Gasteiger partial charge on any atom is -0.491 e. The Kier molecular flexibility index (Phi) is 5.94. The second kappa shape index (κ2) is 8.36. The van der Waals surface area contributed by atoms with Crippen LogP contribution in [0.1, 0.15) is 24.0 Å². The highest BCUT2D eigenvalue weighted by atomic mass is 35.5. The zero-order valence-electron chi connectivity index (χ0n) is 14.5. The zero-order valence-corrected chi connectivity index (χ0v) is 15.3. The first kappa shape index (κ1) is 17.8. The first-order valence-corrected chi connectivity index (χ1v) is 8.81. The number of aromatic nitrogens is 2. The molecule has 0 aliphatic carbocycles. The molecule has 25 heavy (non-hydrogen) atoms. The molecule has 1 unspecified atom stereocenters. The van der Waals surface area contributed by atoms with E-state index in [0.717, 1.165) is 36.3 Å². The molecule has 1 fully saturated rings. The lowest BCUT2D eigenvalue weighted by Gasteiger charge is -2.17. The molecular formula is C18H23ClN4O2. The Labute approximate surface area is 152 Å². The topological polar surface area (TPSA) is 68.3 Å². The van der Waals surface area contributed by atoms with Gasteiger partial charge in [0.1, 0.15) is 24.4 Å². The number of benzene rings is 1. The molecule has 2 N–H and O–H groups in total. The molecule has 1 aliphatic heterocycles. The number of rotatable bonds is 7. The lowest BCUT2D eigenvalue weighted by molar-refractivity contribution is 0.0676. The molecule has 134 valence electrons. The van der Waals surface area contributed by atoms with Crippen molar-refractivity contribution in [2.45, 2.75) is 32.4 Å². The van der Waals surface area contributed by atoms with E-state index >= 15 is 0 Å². The summed E-state index contributed by atoms with van der Waals surface area (Å²) in [6.07, 6.45) is 3.80. The highest BCUT2D eigenvalue weighted by molar-refractivity contribution is 6.32. The summed E-state index contributed by atoms with van der Waals surface area (Å²) in [5, 5.41) is 6.71. The third-order valence-corrected chi connectivity index (χ3v) is 4.46. The number of halogens is 1. The molecule has 6 nitrogen and oxygen atoms in total. The molecule has 2 heterocycles. The zero-order chi connectivity index (χ0) is 17.6. The van der Waals surface area contributed by atoms with Crippen molar-refractivity contribution in [1.29, 1.82) is 0 Å². The Morgan fingerprint density at radius 3 is 3.00 bits per heavy atom. The van der Waals surface area contributed by atoms with Crippen LogP contribution in [0.3, 0.4) is 0 Å². The standard InChI is InChI=1S/C18H23ClN4O2/c1-12-5-6-13(15(8-12)25-10-14-4-3-7-24-14)9-21-18-16(20-2)17(19)22-11-23-18/h5-6,8,11,14,20H,3-4,7,9-10H2,1-2H3,(H,21,22,23). The van der Waals surface area contributed by atoms with Gasteiger partial charge in [0.2, 0.25) is 0 Å². The van der Waals surface area contributed by atoms with Gasteiger partial charge in [0, 0.05) is 25.8 Å². The van der Waals surface area contributed by atoms with Crippen LogP contribution in [-0.2, 0) is 11.3 Å². The molecule has 7 heteroatoms. The van der Waals surface area contributed by atoms with Crippen molar-refractivity contribution in [3.05, 3.63) is 40.8 Å². The van der Waals surface area contributed by atoms with Crippen LogP contribution >= 0.6 is 11.6 Å². The van der Waals surface area contributed by atoms with Gasteiger partial charge in [0.05, 0.1) is 6.10 Å². The number of hydrogen-bond donors (Lipinski definition) is 2. The van der Waals surface area contributed by atoms with Crippen molar-refractivity contribution < 1.29 is 9.47 Å². The van der Waals surface area contributed by atoms with Crippen LogP contribution < -0.4 is 15.4 Å². The van der Waals surface area contributed by atoms with E-state index in [0.29, 0.717) is 29.8 Å². The van der Waals surface area contributed by atoms with Crippen LogP contribution in [0.2, 0.25) is 5.15 Å². The van der Waals surface area contributed by atoms with Crippen molar-refractivity contribution in [2.24, 2.45) is 0 Å². The summed E-state index contributed by atoms with van der Waals surface area (Å²) in [6, 6.07) is 6.19. The summed E-state index contributed by atoms with van der Waals surface area (Å²) in [5.74, 6) is 1.53. The van der Waals surface area contributed by atoms with Crippen molar-refractivity contribution in [2.75, 3.05) is 30.9 Å². The first-order valence-electron chi connectivity index (χ1n) is 8.43. The predicted molar refractivity (Wildman–Crippen MR) is 99.6 cm³/mol. The van der Waals surface area contributed by atoms with Gasteiger partial charge in [-0.2, -0.15) is 0 Å². The van der Waals surface area contributed by atoms with E-state index in [9.17, 15) is 0 Å². The van der Waals surface area contributed by atoms with Gasteiger partial charge in [0.15, 0.2) is 11.0 Å². The van der Waals surface area contributed by atoms with Crippen LogP contribution in [0.4, 0.5) is 11.5 Å². The van der Waals surface area contributed by atoms with Crippen LogP contribution in [0.5, 0.6) is 5.75 Å². The van der Waals surface area contributed by atoms with E-state index in [1.54, 1.807) is 7.05 Å². The van der Waals surface area contributed by atoms with E-state index in [1.807, 2.05) is 0 Å². The molecule has 2 aromatic rings. The minimum atomic E-state index is 0.192. The van der Waals surface area contributed by atoms with Gasteiger partial charge in [-0.1, -0.05) is 23.7 Å². The molecule has 1 aromatic heterocycles. The quantitative estimate of drug-likeness (QED) is 0.733. The monoisotopic (exact) mass is 362 g/mol. The van der Waals surface area contributed by atoms with Gasteiger partial charge in [-0.05, 0) is 31.4 Å².